The van der Waals surface area contributed by atoms with Crippen LogP contribution in [0.1, 0.15) is 0 Å². The highest BCUT2D eigenvalue weighted by molar-refractivity contribution is 5.81. The van der Waals surface area contributed by atoms with Crippen molar-refractivity contribution in [2.24, 2.45) is 0 Å². The molecule has 0 saturated carbocycles. The first-order chi connectivity index (χ1) is 12.3. The van der Waals surface area contributed by atoms with Crippen LogP contribution in [0, 0.1) is 10.1 Å². The fraction of sp³-hybridized carbons (Fsp3) is 0.294. The van der Waals surface area contributed by atoms with E-state index in [2.05, 4.69) is 4.74 Å². The molecule has 0 N–H and O–H groups in total. The molecule has 1 heterocycles. The summed E-state index contributed by atoms with van der Waals surface area (Å²) in [5.41, 5.74) is 1.81. The molecule has 138 valence electrons. The molecule has 26 heavy (non-hydrogen) atoms. The molecule has 3 rings (SSSR count). The maximum Gasteiger partial charge on any atom is 0.573 e. The SMILES string of the molecule is O=[N+]([O-])c1ccc(N2CCOCC2)c(-c2ccc(OC(F)(F)F)cc2)c1. The topological polar surface area (TPSA) is 64.8 Å². The third kappa shape index (κ3) is 4.23. The summed E-state index contributed by atoms with van der Waals surface area (Å²) in [5, 5.41) is 11.1. The first-order valence-electron chi connectivity index (χ1n) is 7.81. The summed E-state index contributed by atoms with van der Waals surface area (Å²) in [5.74, 6) is -0.348. The number of hydrogen-bond donors (Lipinski definition) is 0. The molecule has 0 unspecified atom stereocenters. The highest BCUT2D eigenvalue weighted by Gasteiger charge is 2.31. The van der Waals surface area contributed by atoms with Crippen molar-refractivity contribution in [1.82, 2.24) is 0 Å². The second-order valence-corrected chi connectivity index (χ2v) is 5.63. The summed E-state index contributed by atoms with van der Waals surface area (Å²) < 4.78 is 46.1. The van der Waals surface area contributed by atoms with Crippen molar-refractivity contribution in [2.45, 2.75) is 6.36 Å². The number of ether oxygens (including phenoxy) is 2. The van der Waals surface area contributed by atoms with Crippen LogP contribution < -0.4 is 9.64 Å². The Morgan fingerprint density at radius 3 is 2.31 bits per heavy atom. The second kappa shape index (κ2) is 7.20. The molecule has 0 aliphatic carbocycles. The van der Waals surface area contributed by atoms with E-state index in [-0.39, 0.29) is 11.4 Å². The van der Waals surface area contributed by atoms with Crippen molar-refractivity contribution in [3.05, 3.63) is 52.6 Å². The first-order valence-corrected chi connectivity index (χ1v) is 7.81. The van der Waals surface area contributed by atoms with E-state index in [4.69, 9.17) is 4.74 Å². The molecule has 1 fully saturated rings. The second-order valence-electron chi connectivity index (χ2n) is 5.63. The van der Waals surface area contributed by atoms with Gasteiger partial charge < -0.3 is 14.4 Å². The Hall–Kier alpha value is -2.81. The van der Waals surface area contributed by atoms with E-state index in [9.17, 15) is 23.3 Å². The molecule has 1 aliphatic heterocycles. The summed E-state index contributed by atoms with van der Waals surface area (Å²) in [4.78, 5) is 12.6. The number of anilines is 1. The number of non-ortho nitro benzene ring substituents is 1. The lowest BCUT2D eigenvalue weighted by atomic mass is 10.0. The van der Waals surface area contributed by atoms with Gasteiger partial charge in [-0.2, -0.15) is 0 Å². The van der Waals surface area contributed by atoms with Gasteiger partial charge in [0.05, 0.1) is 18.1 Å². The molecule has 0 radical (unpaired) electrons. The molecule has 9 heteroatoms. The van der Waals surface area contributed by atoms with E-state index in [1.807, 2.05) is 4.90 Å². The molecular formula is C17H15F3N2O4. The normalized spacial score (nSPS) is 15.0. The van der Waals surface area contributed by atoms with Gasteiger partial charge in [-0.15, -0.1) is 13.2 Å². The predicted octanol–water partition coefficient (Wildman–Crippen LogP) is 4.00. The van der Waals surface area contributed by atoms with Crippen LogP contribution in [0.5, 0.6) is 5.75 Å². The first kappa shape index (κ1) is 18.0. The zero-order valence-electron chi connectivity index (χ0n) is 13.5. The molecule has 0 bridgehead atoms. The van der Waals surface area contributed by atoms with Gasteiger partial charge in [-0.3, -0.25) is 10.1 Å². The number of morpholine rings is 1. The standard InChI is InChI=1S/C17H15F3N2O4/c18-17(19,20)26-14-4-1-12(2-5-14)15-11-13(22(23)24)3-6-16(15)21-7-9-25-10-8-21/h1-6,11H,7-10H2. The van der Waals surface area contributed by atoms with Crippen molar-refractivity contribution in [1.29, 1.82) is 0 Å². The van der Waals surface area contributed by atoms with Crippen LogP contribution in [0.25, 0.3) is 11.1 Å². The largest absolute Gasteiger partial charge is 0.573 e. The molecule has 6 nitrogen and oxygen atoms in total. The fourth-order valence-electron chi connectivity index (χ4n) is 2.78. The maximum absolute atomic E-state index is 12.3. The van der Waals surface area contributed by atoms with Crippen molar-refractivity contribution in [3.8, 4) is 16.9 Å². The lowest BCUT2D eigenvalue weighted by molar-refractivity contribution is -0.384. The number of alkyl halides is 3. The minimum Gasteiger partial charge on any atom is -0.406 e. The zero-order valence-corrected chi connectivity index (χ0v) is 13.5. The van der Waals surface area contributed by atoms with E-state index in [1.165, 1.54) is 36.4 Å². The molecule has 1 aliphatic rings. The van der Waals surface area contributed by atoms with Crippen LogP contribution >= 0.6 is 0 Å². The zero-order chi connectivity index (χ0) is 18.7. The number of nitro groups is 1. The van der Waals surface area contributed by atoms with Gasteiger partial charge >= 0.3 is 6.36 Å². The third-order valence-corrected chi connectivity index (χ3v) is 3.94. The Balaban J connectivity index is 1.98. The Bertz CT molecular complexity index is 788. The fourth-order valence-corrected chi connectivity index (χ4v) is 2.78. The van der Waals surface area contributed by atoms with Gasteiger partial charge in [0.25, 0.3) is 5.69 Å². The number of nitro benzene ring substituents is 1. The Morgan fingerprint density at radius 1 is 1.08 bits per heavy atom. The van der Waals surface area contributed by atoms with Crippen molar-refractivity contribution >= 4 is 11.4 Å². The van der Waals surface area contributed by atoms with Crippen molar-refractivity contribution < 1.29 is 27.6 Å². The summed E-state index contributed by atoms with van der Waals surface area (Å²) in [6, 6.07) is 9.75. The molecule has 2 aromatic carbocycles. The summed E-state index contributed by atoms with van der Waals surface area (Å²) in [6.45, 7) is 2.32. The van der Waals surface area contributed by atoms with Crippen LogP contribution in [0.3, 0.4) is 0 Å². The van der Waals surface area contributed by atoms with E-state index in [0.717, 1.165) is 5.69 Å². The highest BCUT2D eigenvalue weighted by Crippen LogP contribution is 2.36. The highest BCUT2D eigenvalue weighted by atomic mass is 19.4. The van der Waals surface area contributed by atoms with Crippen LogP contribution in [0.4, 0.5) is 24.5 Å². The van der Waals surface area contributed by atoms with Crippen molar-refractivity contribution in [3.63, 3.8) is 0 Å². The van der Waals surface area contributed by atoms with E-state index in [1.54, 1.807) is 6.07 Å². The molecule has 0 amide bonds. The Labute approximate surface area is 146 Å². The van der Waals surface area contributed by atoms with Crippen molar-refractivity contribution in [2.75, 3.05) is 31.2 Å². The lowest BCUT2D eigenvalue weighted by Gasteiger charge is -2.30. The summed E-state index contributed by atoms with van der Waals surface area (Å²) in [6.07, 6.45) is -4.77. The predicted molar refractivity (Wildman–Crippen MR) is 88.2 cm³/mol. The number of nitrogens with zero attached hydrogens (tertiary/aromatic N) is 2. The van der Waals surface area contributed by atoms with Gasteiger partial charge in [0, 0.05) is 36.5 Å². The van der Waals surface area contributed by atoms with Gasteiger partial charge in [0.15, 0.2) is 0 Å². The number of hydrogen-bond acceptors (Lipinski definition) is 5. The number of benzene rings is 2. The quantitative estimate of drug-likeness (QED) is 0.603. The molecular weight excluding hydrogens is 353 g/mol. The van der Waals surface area contributed by atoms with Crippen LogP contribution in [0.15, 0.2) is 42.5 Å². The number of halogens is 3. The molecule has 2 aromatic rings. The van der Waals surface area contributed by atoms with Gasteiger partial charge in [-0.25, -0.2) is 0 Å². The van der Waals surface area contributed by atoms with Gasteiger partial charge in [0.2, 0.25) is 0 Å². The average Bonchev–Trinajstić information content (AvgIpc) is 2.61. The summed E-state index contributed by atoms with van der Waals surface area (Å²) >= 11 is 0. The Morgan fingerprint density at radius 2 is 1.73 bits per heavy atom. The smallest absolute Gasteiger partial charge is 0.406 e. The third-order valence-electron chi connectivity index (χ3n) is 3.94. The average molecular weight is 368 g/mol. The lowest BCUT2D eigenvalue weighted by Crippen LogP contribution is -2.36. The van der Waals surface area contributed by atoms with E-state index >= 15 is 0 Å². The molecule has 1 saturated heterocycles. The number of rotatable bonds is 4. The maximum atomic E-state index is 12.3. The summed E-state index contributed by atoms with van der Waals surface area (Å²) in [7, 11) is 0. The monoisotopic (exact) mass is 368 g/mol. The van der Waals surface area contributed by atoms with Gasteiger partial charge in [0.1, 0.15) is 5.75 Å². The van der Waals surface area contributed by atoms with Gasteiger partial charge in [-0.1, -0.05) is 12.1 Å². The van der Waals surface area contributed by atoms with Crippen LogP contribution in [-0.2, 0) is 4.74 Å². The van der Waals surface area contributed by atoms with Crippen LogP contribution in [0.2, 0.25) is 0 Å². The van der Waals surface area contributed by atoms with E-state index in [0.29, 0.717) is 37.4 Å². The van der Waals surface area contributed by atoms with Crippen LogP contribution in [-0.4, -0.2) is 37.6 Å². The minimum atomic E-state index is -4.77. The Kier molecular flexibility index (Phi) is 4.99. The molecule has 0 atom stereocenters. The van der Waals surface area contributed by atoms with E-state index < -0.39 is 11.3 Å². The molecule has 0 spiro atoms. The molecule has 0 aromatic heterocycles. The van der Waals surface area contributed by atoms with Gasteiger partial charge in [-0.05, 0) is 23.8 Å². The minimum absolute atomic E-state index is 0.0902.